The van der Waals surface area contributed by atoms with Crippen molar-refractivity contribution in [1.82, 2.24) is 20.1 Å². The molecule has 0 spiro atoms. The minimum Gasteiger partial charge on any atom is -0.307 e. The number of pyridine rings is 1. The molecule has 2 aromatic rings. The third-order valence-electron chi connectivity index (χ3n) is 2.75. The van der Waals surface area contributed by atoms with Crippen LogP contribution in [0.1, 0.15) is 23.7 Å². The minimum atomic E-state index is 0.796. The van der Waals surface area contributed by atoms with Crippen LogP contribution in [0.4, 0.5) is 0 Å². The summed E-state index contributed by atoms with van der Waals surface area (Å²) in [4.78, 5) is 4.35. The van der Waals surface area contributed by atoms with Crippen molar-refractivity contribution < 1.29 is 0 Å². The van der Waals surface area contributed by atoms with Crippen molar-refractivity contribution in [1.29, 1.82) is 0 Å². The summed E-state index contributed by atoms with van der Waals surface area (Å²) in [5, 5.41) is 7.62. The molecule has 4 nitrogen and oxygen atoms in total. The van der Waals surface area contributed by atoms with E-state index in [-0.39, 0.29) is 0 Å². The van der Waals surface area contributed by atoms with Crippen LogP contribution in [-0.4, -0.2) is 14.8 Å². The van der Waals surface area contributed by atoms with Crippen molar-refractivity contribution in [3.63, 3.8) is 0 Å². The Bertz CT molecular complexity index is 476. The first-order valence-corrected chi connectivity index (χ1v) is 5.92. The van der Waals surface area contributed by atoms with E-state index in [0.29, 0.717) is 0 Å². The van der Waals surface area contributed by atoms with Gasteiger partial charge in [0, 0.05) is 37.6 Å². The Kier molecular flexibility index (Phi) is 3.88. The number of rotatable bonds is 5. The monoisotopic (exact) mass is 230 g/mol. The zero-order valence-corrected chi connectivity index (χ0v) is 10.3. The highest BCUT2D eigenvalue weighted by molar-refractivity contribution is 5.17. The molecular weight excluding hydrogens is 212 g/mol. The SMILES string of the molecule is CCn1cc(CNCc2ncccc2C)cn1. The van der Waals surface area contributed by atoms with E-state index in [4.69, 9.17) is 0 Å². The van der Waals surface area contributed by atoms with E-state index in [0.717, 1.165) is 25.3 Å². The van der Waals surface area contributed by atoms with E-state index >= 15 is 0 Å². The predicted molar refractivity (Wildman–Crippen MR) is 67.4 cm³/mol. The molecule has 0 unspecified atom stereocenters. The van der Waals surface area contributed by atoms with Crippen molar-refractivity contribution in [3.05, 3.63) is 47.5 Å². The fourth-order valence-electron chi connectivity index (χ4n) is 1.70. The van der Waals surface area contributed by atoms with Gasteiger partial charge in [0.25, 0.3) is 0 Å². The molecule has 0 amide bonds. The smallest absolute Gasteiger partial charge is 0.0570 e. The summed E-state index contributed by atoms with van der Waals surface area (Å²) in [7, 11) is 0. The number of nitrogens with zero attached hydrogens (tertiary/aromatic N) is 3. The largest absolute Gasteiger partial charge is 0.307 e. The molecule has 1 N–H and O–H groups in total. The molecule has 0 atom stereocenters. The van der Waals surface area contributed by atoms with Crippen LogP contribution in [0.5, 0.6) is 0 Å². The van der Waals surface area contributed by atoms with Gasteiger partial charge in [-0.1, -0.05) is 6.07 Å². The number of hydrogen-bond acceptors (Lipinski definition) is 3. The average molecular weight is 230 g/mol. The number of aryl methyl sites for hydroxylation is 2. The molecule has 0 saturated carbocycles. The molecule has 0 aliphatic heterocycles. The Balaban J connectivity index is 1.85. The Morgan fingerprint density at radius 1 is 1.35 bits per heavy atom. The summed E-state index contributed by atoms with van der Waals surface area (Å²) in [6, 6.07) is 4.04. The molecule has 0 bridgehead atoms. The molecule has 0 fully saturated rings. The quantitative estimate of drug-likeness (QED) is 0.853. The molecule has 2 rings (SSSR count). The normalized spacial score (nSPS) is 10.7. The second-order valence-corrected chi connectivity index (χ2v) is 4.07. The molecule has 2 aromatic heterocycles. The number of hydrogen-bond donors (Lipinski definition) is 1. The summed E-state index contributed by atoms with van der Waals surface area (Å²) in [5.74, 6) is 0. The highest BCUT2D eigenvalue weighted by atomic mass is 15.3. The highest BCUT2D eigenvalue weighted by Gasteiger charge is 2.00. The molecule has 0 aromatic carbocycles. The summed E-state index contributed by atoms with van der Waals surface area (Å²) < 4.78 is 1.93. The van der Waals surface area contributed by atoms with Gasteiger partial charge in [-0.2, -0.15) is 5.10 Å². The lowest BCUT2D eigenvalue weighted by Gasteiger charge is -2.05. The third-order valence-corrected chi connectivity index (χ3v) is 2.75. The molecule has 0 radical (unpaired) electrons. The summed E-state index contributed by atoms with van der Waals surface area (Å²) in [6.07, 6.45) is 5.80. The highest BCUT2D eigenvalue weighted by Crippen LogP contribution is 2.03. The average Bonchev–Trinajstić information content (AvgIpc) is 2.80. The fraction of sp³-hybridized carbons (Fsp3) is 0.385. The zero-order valence-electron chi connectivity index (χ0n) is 10.3. The van der Waals surface area contributed by atoms with Gasteiger partial charge in [0.05, 0.1) is 11.9 Å². The molecule has 0 aliphatic rings. The van der Waals surface area contributed by atoms with Crippen molar-refractivity contribution in [2.75, 3.05) is 0 Å². The van der Waals surface area contributed by atoms with Crippen molar-refractivity contribution in [2.24, 2.45) is 0 Å². The van der Waals surface area contributed by atoms with E-state index in [1.54, 1.807) is 0 Å². The van der Waals surface area contributed by atoms with E-state index in [2.05, 4.69) is 41.5 Å². The fourth-order valence-corrected chi connectivity index (χ4v) is 1.70. The van der Waals surface area contributed by atoms with Gasteiger partial charge in [0.1, 0.15) is 0 Å². The summed E-state index contributed by atoms with van der Waals surface area (Å²) in [5.41, 5.74) is 3.54. The van der Waals surface area contributed by atoms with Crippen LogP contribution in [0.2, 0.25) is 0 Å². The first-order chi connectivity index (χ1) is 8.29. The molecular formula is C13H18N4. The van der Waals surface area contributed by atoms with E-state index in [9.17, 15) is 0 Å². The van der Waals surface area contributed by atoms with Crippen LogP contribution in [0.3, 0.4) is 0 Å². The van der Waals surface area contributed by atoms with Crippen LogP contribution in [0.25, 0.3) is 0 Å². The Labute approximate surface area is 102 Å². The first-order valence-electron chi connectivity index (χ1n) is 5.92. The first kappa shape index (κ1) is 11.8. The number of aromatic nitrogens is 3. The molecule has 0 saturated heterocycles. The Morgan fingerprint density at radius 3 is 2.94 bits per heavy atom. The van der Waals surface area contributed by atoms with Crippen LogP contribution in [-0.2, 0) is 19.6 Å². The van der Waals surface area contributed by atoms with Gasteiger partial charge in [0.15, 0.2) is 0 Å². The van der Waals surface area contributed by atoms with E-state index in [1.165, 1.54) is 11.1 Å². The Morgan fingerprint density at radius 2 is 2.24 bits per heavy atom. The molecule has 17 heavy (non-hydrogen) atoms. The van der Waals surface area contributed by atoms with Crippen LogP contribution < -0.4 is 5.32 Å². The molecule has 0 aliphatic carbocycles. The standard InChI is InChI=1S/C13H18N4/c1-3-17-10-12(8-16-17)7-14-9-13-11(2)5-4-6-15-13/h4-6,8,10,14H,3,7,9H2,1-2H3. The van der Waals surface area contributed by atoms with Gasteiger partial charge in [-0.3, -0.25) is 9.67 Å². The number of nitrogens with one attached hydrogen (secondary N) is 1. The van der Waals surface area contributed by atoms with Gasteiger partial charge in [-0.05, 0) is 25.5 Å². The summed E-state index contributed by atoms with van der Waals surface area (Å²) >= 11 is 0. The molecule has 90 valence electrons. The summed E-state index contributed by atoms with van der Waals surface area (Å²) in [6.45, 7) is 6.71. The second kappa shape index (κ2) is 5.59. The second-order valence-electron chi connectivity index (χ2n) is 4.07. The van der Waals surface area contributed by atoms with Crippen LogP contribution >= 0.6 is 0 Å². The molecule has 4 heteroatoms. The van der Waals surface area contributed by atoms with E-state index < -0.39 is 0 Å². The topological polar surface area (TPSA) is 42.7 Å². The molecule has 2 heterocycles. The third kappa shape index (κ3) is 3.14. The van der Waals surface area contributed by atoms with Crippen molar-refractivity contribution >= 4 is 0 Å². The predicted octanol–water partition coefficient (Wildman–Crippen LogP) is 1.90. The lowest BCUT2D eigenvalue weighted by molar-refractivity contribution is 0.653. The van der Waals surface area contributed by atoms with Gasteiger partial charge in [-0.15, -0.1) is 0 Å². The van der Waals surface area contributed by atoms with Crippen LogP contribution in [0.15, 0.2) is 30.7 Å². The maximum Gasteiger partial charge on any atom is 0.0570 e. The van der Waals surface area contributed by atoms with Gasteiger partial charge >= 0.3 is 0 Å². The van der Waals surface area contributed by atoms with Crippen LogP contribution in [0, 0.1) is 6.92 Å². The zero-order chi connectivity index (χ0) is 12.1. The maximum atomic E-state index is 4.35. The minimum absolute atomic E-state index is 0.796. The van der Waals surface area contributed by atoms with Gasteiger partial charge in [-0.25, -0.2) is 0 Å². The van der Waals surface area contributed by atoms with Crippen molar-refractivity contribution in [3.8, 4) is 0 Å². The maximum absolute atomic E-state index is 4.35. The van der Waals surface area contributed by atoms with Crippen molar-refractivity contribution in [2.45, 2.75) is 33.5 Å². The lowest BCUT2D eigenvalue weighted by Crippen LogP contribution is -2.14. The Hall–Kier alpha value is -1.68. The van der Waals surface area contributed by atoms with E-state index in [1.807, 2.05) is 23.1 Å². The van der Waals surface area contributed by atoms with Gasteiger partial charge < -0.3 is 5.32 Å². The van der Waals surface area contributed by atoms with Gasteiger partial charge in [0.2, 0.25) is 0 Å². The lowest BCUT2D eigenvalue weighted by atomic mass is 10.2.